The molecule has 13 heavy (non-hydrogen) atoms. The van der Waals surface area contributed by atoms with Crippen LogP contribution in [-0.4, -0.2) is 39.3 Å². The van der Waals surface area contributed by atoms with Gasteiger partial charge in [-0.1, -0.05) is 26.7 Å². The van der Waals surface area contributed by atoms with Crippen LogP contribution in [0.4, 0.5) is 0 Å². The lowest BCUT2D eigenvalue weighted by Gasteiger charge is -2.08. The third-order valence-corrected chi connectivity index (χ3v) is 1.95. The summed E-state index contributed by atoms with van der Waals surface area (Å²) in [7, 11) is 6.03. The maximum Gasteiger partial charge on any atom is 0.0462 e. The highest BCUT2D eigenvalue weighted by Gasteiger charge is 1.91. The largest absolute Gasteiger partial charge is 0.385 e. The molecule has 0 aromatic carbocycles. The minimum atomic E-state index is 0. The molecule has 0 spiro atoms. The highest BCUT2D eigenvalue weighted by molar-refractivity contribution is 4.47. The molecule has 0 atom stereocenters. The first kappa shape index (κ1) is 15.4. The second-order valence-electron chi connectivity index (χ2n) is 3.56. The van der Waals surface area contributed by atoms with Gasteiger partial charge in [0.25, 0.3) is 0 Å². The van der Waals surface area contributed by atoms with Crippen LogP contribution in [0.15, 0.2) is 0 Å². The predicted octanol–water partition coefficient (Wildman–Crippen LogP) is 2.78. The standard InChI is InChI=1S/C10H23NO.CH4/c1-11(2)9-7-5-4-6-8-10-12-3;/h4-10H2,1-3H3;1H4. The summed E-state index contributed by atoms with van der Waals surface area (Å²) in [5.41, 5.74) is 0. The van der Waals surface area contributed by atoms with Gasteiger partial charge < -0.3 is 9.64 Å². The molecule has 0 saturated heterocycles. The van der Waals surface area contributed by atoms with Crippen LogP contribution in [0, 0.1) is 0 Å². The summed E-state index contributed by atoms with van der Waals surface area (Å²) < 4.78 is 4.98. The molecule has 0 fully saturated rings. The van der Waals surface area contributed by atoms with Crippen molar-refractivity contribution in [2.45, 2.75) is 39.5 Å². The molecule has 0 heterocycles. The van der Waals surface area contributed by atoms with Crippen molar-refractivity contribution in [1.29, 1.82) is 0 Å². The van der Waals surface area contributed by atoms with E-state index < -0.39 is 0 Å². The Balaban J connectivity index is 0. The van der Waals surface area contributed by atoms with Gasteiger partial charge in [0.2, 0.25) is 0 Å². The van der Waals surface area contributed by atoms with E-state index in [9.17, 15) is 0 Å². The Kier molecular flexibility index (Phi) is 14.1. The van der Waals surface area contributed by atoms with E-state index in [2.05, 4.69) is 19.0 Å². The maximum atomic E-state index is 4.98. The Labute approximate surface area is 84.3 Å². The molecule has 0 N–H and O–H groups in total. The van der Waals surface area contributed by atoms with Gasteiger partial charge in [-0.2, -0.15) is 0 Å². The quantitative estimate of drug-likeness (QED) is 0.544. The Morgan fingerprint density at radius 1 is 0.923 bits per heavy atom. The molecular weight excluding hydrogens is 162 g/mol. The minimum Gasteiger partial charge on any atom is -0.385 e. The molecule has 0 aliphatic rings. The molecule has 0 bridgehead atoms. The van der Waals surface area contributed by atoms with Crippen LogP contribution in [0.2, 0.25) is 0 Å². The molecule has 2 nitrogen and oxygen atoms in total. The zero-order valence-corrected chi connectivity index (χ0v) is 8.81. The molecule has 0 aliphatic heterocycles. The van der Waals surface area contributed by atoms with Crippen molar-refractivity contribution in [2.24, 2.45) is 0 Å². The molecule has 82 valence electrons. The number of nitrogens with zero attached hydrogens (tertiary/aromatic N) is 1. The maximum absolute atomic E-state index is 4.98. The fraction of sp³-hybridized carbons (Fsp3) is 1.00. The van der Waals surface area contributed by atoms with Crippen molar-refractivity contribution in [1.82, 2.24) is 4.90 Å². The monoisotopic (exact) mass is 189 g/mol. The lowest BCUT2D eigenvalue weighted by atomic mass is 10.1. The fourth-order valence-corrected chi connectivity index (χ4v) is 1.20. The average Bonchev–Trinajstić information content (AvgIpc) is 2.02. The fourth-order valence-electron chi connectivity index (χ4n) is 1.20. The molecule has 0 radical (unpaired) electrons. The highest BCUT2D eigenvalue weighted by Crippen LogP contribution is 2.03. The van der Waals surface area contributed by atoms with Gasteiger partial charge in [0.05, 0.1) is 0 Å². The Morgan fingerprint density at radius 2 is 1.46 bits per heavy atom. The summed E-state index contributed by atoms with van der Waals surface area (Å²) in [4.78, 5) is 2.25. The van der Waals surface area contributed by atoms with Crippen molar-refractivity contribution < 1.29 is 4.74 Å². The average molecular weight is 189 g/mol. The zero-order chi connectivity index (χ0) is 9.23. The summed E-state index contributed by atoms with van der Waals surface area (Å²) in [6.45, 7) is 2.15. The number of methoxy groups -OCH3 is 1. The molecule has 0 rings (SSSR count). The summed E-state index contributed by atoms with van der Waals surface area (Å²) >= 11 is 0. The van der Waals surface area contributed by atoms with Gasteiger partial charge in [0, 0.05) is 13.7 Å². The number of unbranched alkanes of at least 4 members (excludes halogenated alkanes) is 4. The first-order valence-corrected chi connectivity index (χ1v) is 4.91. The van der Waals surface area contributed by atoms with E-state index >= 15 is 0 Å². The second kappa shape index (κ2) is 11.9. The van der Waals surface area contributed by atoms with Crippen molar-refractivity contribution in [2.75, 3.05) is 34.4 Å². The topological polar surface area (TPSA) is 12.5 Å². The molecule has 0 aromatic rings. The van der Waals surface area contributed by atoms with Gasteiger partial charge in [-0.3, -0.25) is 0 Å². The highest BCUT2D eigenvalue weighted by atomic mass is 16.5. The lowest BCUT2D eigenvalue weighted by Crippen LogP contribution is -2.12. The zero-order valence-electron chi connectivity index (χ0n) is 8.81. The van der Waals surface area contributed by atoms with Gasteiger partial charge in [-0.15, -0.1) is 0 Å². The van der Waals surface area contributed by atoms with Crippen LogP contribution in [0.3, 0.4) is 0 Å². The molecule has 0 unspecified atom stereocenters. The van der Waals surface area contributed by atoms with Gasteiger partial charge in [0.1, 0.15) is 0 Å². The Hall–Kier alpha value is -0.0800. The first-order chi connectivity index (χ1) is 5.77. The molecule has 0 aromatic heterocycles. The number of hydrogen-bond acceptors (Lipinski definition) is 2. The normalized spacial score (nSPS) is 10.2. The summed E-state index contributed by atoms with van der Waals surface area (Å²) in [5, 5.41) is 0. The summed E-state index contributed by atoms with van der Waals surface area (Å²) in [6, 6.07) is 0. The van der Waals surface area contributed by atoms with E-state index in [0.717, 1.165) is 6.61 Å². The van der Waals surface area contributed by atoms with Gasteiger partial charge in [0.15, 0.2) is 0 Å². The van der Waals surface area contributed by atoms with Crippen LogP contribution in [-0.2, 0) is 4.74 Å². The van der Waals surface area contributed by atoms with Gasteiger partial charge in [-0.25, -0.2) is 0 Å². The van der Waals surface area contributed by atoms with E-state index in [1.165, 1.54) is 38.6 Å². The van der Waals surface area contributed by atoms with E-state index in [-0.39, 0.29) is 7.43 Å². The molecule has 0 aliphatic carbocycles. The van der Waals surface area contributed by atoms with Crippen molar-refractivity contribution in [3.8, 4) is 0 Å². The van der Waals surface area contributed by atoms with E-state index in [1.54, 1.807) is 7.11 Å². The number of hydrogen-bond donors (Lipinski definition) is 0. The number of ether oxygens (including phenoxy) is 1. The summed E-state index contributed by atoms with van der Waals surface area (Å²) in [5.74, 6) is 0. The Morgan fingerprint density at radius 3 is 2.00 bits per heavy atom. The minimum absolute atomic E-state index is 0. The van der Waals surface area contributed by atoms with Crippen molar-refractivity contribution in [3.63, 3.8) is 0 Å². The smallest absolute Gasteiger partial charge is 0.0462 e. The molecule has 0 saturated carbocycles. The molecule has 0 amide bonds. The first-order valence-electron chi connectivity index (χ1n) is 4.91. The third-order valence-electron chi connectivity index (χ3n) is 1.95. The van der Waals surface area contributed by atoms with E-state index in [1.807, 2.05) is 0 Å². The second-order valence-corrected chi connectivity index (χ2v) is 3.56. The Bertz CT molecular complexity index is 84.2. The summed E-state index contributed by atoms with van der Waals surface area (Å²) in [6.07, 6.45) is 6.60. The van der Waals surface area contributed by atoms with Crippen LogP contribution in [0.1, 0.15) is 39.5 Å². The van der Waals surface area contributed by atoms with Crippen LogP contribution >= 0.6 is 0 Å². The van der Waals surface area contributed by atoms with Crippen LogP contribution in [0.5, 0.6) is 0 Å². The predicted molar refractivity (Wildman–Crippen MR) is 60.2 cm³/mol. The molecular formula is C11H27NO. The van der Waals surface area contributed by atoms with Crippen LogP contribution < -0.4 is 0 Å². The van der Waals surface area contributed by atoms with E-state index in [0.29, 0.717) is 0 Å². The van der Waals surface area contributed by atoms with E-state index in [4.69, 9.17) is 4.74 Å². The van der Waals surface area contributed by atoms with Gasteiger partial charge >= 0.3 is 0 Å². The van der Waals surface area contributed by atoms with Crippen LogP contribution in [0.25, 0.3) is 0 Å². The lowest BCUT2D eigenvalue weighted by molar-refractivity contribution is 0.191. The third kappa shape index (κ3) is 14.7. The SMILES string of the molecule is C.COCCCCCCCN(C)C. The van der Waals surface area contributed by atoms with Crippen molar-refractivity contribution >= 4 is 0 Å². The van der Waals surface area contributed by atoms with Gasteiger partial charge in [-0.05, 0) is 33.5 Å². The number of rotatable bonds is 8. The molecule has 2 heteroatoms. The van der Waals surface area contributed by atoms with Crippen molar-refractivity contribution in [3.05, 3.63) is 0 Å².